The second-order valence-electron chi connectivity index (χ2n) is 6.29. The number of ether oxygens (including phenoxy) is 2. The van der Waals surface area contributed by atoms with Crippen LogP contribution in [-0.4, -0.2) is 43.0 Å². The van der Waals surface area contributed by atoms with Crippen molar-refractivity contribution in [2.45, 2.75) is 20.1 Å². The number of anilines is 1. The molecule has 156 valence electrons. The highest BCUT2D eigenvalue weighted by Crippen LogP contribution is 2.30. The number of likely N-dealkylation sites (N-methyl/N-ethyl adjacent to an activating group) is 1. The van der Waals surface area contributed by atoms with E-state index in [0.717, 1.165) is 5.56 Å². The lowest BCUT2D eigenvalue weighted by atomic mass is 10.1. The van der Waals surface area contributed by atoms with Crippen LogP contribution in [0.15, 0.2) is 36.4 Å². The van der Waals surface area contributed by atoms with E-state index in [9.17, 15) is 23.7 Å². The molecule has 2 aromatic carbocycles. The molecule has 2 aromatic rings. The van der Waals surface area contributed by atoms with Gasteiger partial charge in [-0.1, -0.05) is 12.1 Å². The van der Waals surface area contributed by atoms with Crippen LogP contribution in [0.25, 0.3) is 0 Å². The molecule has 0 radical (unpaired) electrons. The summed E-state index contributed by atoms with van der Waals surface area (Å²) in [6.07, 6.45) is 0. The number of hydrogen-bond acceptors (Lipinski definition) is 6. The second kappa shape index (κ2) is 9.78. The molecule has 0 heterocycles. The van der Waals surface area contributed by atoms with Crippen LogP contribution in [0.2, 0.25) is 0 Å². The number of methoxy groups -OCH3 is 1. The van der Waals surface area contributed by atoms with Crippen LogP contribution in [0.1, 0.15) is 11.1 Å². The van der Waals surface area contributed by atoms with E-state index < -0.39 is 11.5 Å². The highest BCUT2D eigenvalue weighted by molar-refractivity contribution is 5.93. The lowest BCUT2D eigenvalue weighted by Crippen LogP contribution is -2.30. The number of rotatable bonds is 9. The number of alkyl halides is 2. The third kappa shape index (κ3) is 6.11. The molecule has 0 bridgehead atoms. The third-order valence-corrected chi connectivity index (χ3v) is 4.09. The normalized spacial score (nSPS) is 10.9. The zero-order chi connectivity index (χ0) is 21.6. The van der Waals surface area contributed by atoms with E-state index in [4.69, 9.17) is 4.74 Å². The highest BCUT2D eigenvalue weighted by Gasteiger charge is 2.16. The third-order valence-electron chi connectivity index (χ3n) is 4.09. The number of amides is 1. The van der Waals surface area contributed by atoms with E-state index in [1.807, 2.05) is 0 Å². The molecule has 0 saturated carbocycles. The van der Waals surface area contributed by atoms with E-state index in [0.29, 0.717) is 17.8 Å². The average Bonchev–Trinajstić information content (AvgIpc) is 2.63. The summed E-state index contributed by atoms with van der Waals surface area (Å²) in [7, 11) is 3.05. The van der Waals surface area contributed by atoms with Gasteiger partial charge in [0.1, 0.15) is 0 Å². The lowest BCUT2D eigenvalue weighted by Gasteiger charge is -2.18. The first kappa shape index (κ1) is 22.0. The van der Waals surface area contributed by atoms with Crippen LogP contribution >= 0.6 is 0 Å². The van der Waals surface area contributed by atoms with Crippen molar-refractivity contribution < 1.29 is 28.0 Å². The molecule has 0 fully saturated rings. The van der Waals surface area contributed by atoms with Crippen LogP contribution < -0.4 is 14.8 Å². The summed E-state index contributed by atoms with van der Waals surface area (Å²) in [5.74, 6) is -0.263. The summed E-state index contributed by atoms with van der Waals surface area (Å²) in [6.45, 7) is -1.04. The molecule has 10 heteroatoms. The summed E-state index contributed by atoms with van der Waals surface area (Å²) in [6, 6.07) is 8.98. The Balaban J connectivity index is 2.00. The summed E-state index contributed by atoms with van der Waals surface area (Å²) >= 11 is 0. The van der Waals surface area contributed by atoms with Gasteiger partial charge in [-0.05, 0) is 37.7 Å². The number of nitrogens with zero attached hydrogens (tertiary/aromatic N) is 2. The number of carbonyl (C=O) groups excluding carboxylic acids is 1. The minimum absolute atomic E-state index is 0.0136. The Kier molecular flexibility index (Phi) is 7.43. The van der Waals surface area contributed by atoms with E-state index in [1.54, 1.807) is 37.1 Å². The van der Waals surface area contributed by atoms with Gasteiger partial charge in [0.2, 0.25) is 5.91 Å². The number of halogens is 2. The van der Waals surface area contributed by atoms with Crippen molar-refractivity contribution in [3.05, 3.63) is 57.6 Å². The molecule has 1 N–H and O–H groups in total. The molecule has 0 aliphatic heterocycles. The summed E-state index contributed by atoms with van der Waals surface area (Å²) in [5, 5.41) is 13.7. The predicted octanol–water partition coefficient (Wildman–Crippen LogP) is 3.58. The van der Waals surface area contributed by atoms with Crippen molar-refractivity contribution in [2.24, 2.45) is 0 Å². The second-order valence-corrected chi connectivity index (χ2v) is 6.29. The minimum atomic E-state index is -2.96. The topological polar surface area (TPSA) is 93.9 Å². The zero-order valence-corrected chi connectivity index (χ0v) is 16.1. The van der Waals surface area contributed by atoms with Gasteiger partial charge in [-0.25, -0.2) is 0 Å². The van der Waals surface area contributed by atoms with Gasteiger partial charge in [0.15, 0.2) is 11.5 Å². The molecule has 0 saturated heterocycles. The number of carbonyl (C=O) groups is 1. The van der Waals surface area contributed by atoms with Crippen LogP contribution in [0.4, 0.5) is 20.2 Å². The molecule has 29 heavy (non-hydrogen) atoms. The number of nitro benzene ring substituents is 1. The van der Waals surface area contributed by atoms with Gasteiger partial charge in [0, 0.05) is 12.6 Å². The molecule has 0 unspecified atom stereocenters. The van der Waals surface area contributed by atoms with E-state index >= 15 is 0 Å². The zero-order valence-electron chi connectivity index (χ0n) is 16.1. The molecular formula is C19H21F2N3O5. The van der Waals surface area contributed by atoms with Crippen LogP contribution in [0, 0.1) is 17.0 Å². The first-order valence-corrected chi connectivity index (χ1v) is 8.55. The van der Waals surface area contributed by atoms with Crippen molar-refractivity contribution in [3.63, 3.8) is 0 Å². The Morgan fingerprint density at radius 1 is 1.28 bits per heavy atom. The fourth-order valence-corrected chi connectivity index (χ4v) is 2.76. The first-order chi connectivity index (χ1) is 13.7. The van der Waals surface area contributed by atoms with Gasteiger partial charge in [0.05, 0.1) is 29.8 Å². The smallest absolute Gasteiger partial charge is 0.387 e. The molecular weight excluding hydrogens is 388 g/mol. The quantitative estimate of drug-likeness (QED) is 0.503. The van der Waals surface area contributed by atoms with Gasteiger partial charge in [-0.3, -0.25) is 19.8 Å². The molecule has 0 aliphatic carbocycles. The van der Waals surface area contributed by atoms with Gasteiger partial charge in [-0.2, -0.15) is 8.78 Å². The molecule has 8 nitrogen and oxygen atoms in total. The first-order valence-electron chi connectivity index (χ1n) is 8.55. The number of benzene rings is 2. The standard InChI is InChI=1S/C19H21F2N3O5/c1-12-14(5-4-6-15(12)24(26)27)22-18(25)11-23(2)10-13-7-8-16(29-19(20)21)17(9-13)28-3/h4-9,19H,10-11H2,1-3H3,(H,22,25). The molecule has 0 aromatic heterocycles. The number of hydrogen-bond donors (Lipinski definition) is 1. The largest absolute Gasteiger partial charge is 0.493 e. The average molecular weight is 409 g/mol. The maximum atomic E-state index is 12.4. The van der Waals surface area contributed by atoms with Crippen molar-refractivity contribution in [1.82, 2.24) is 4.90 Å². The SMILES string of the molecule is COc1cc(CN(C)CC(=O)Nc2cccc([N+](=O)[O-])c2C)ccc1OC(F)F. The maximum Gasteiger partial charge on any atom is 0.387 e. The Hall–Kier alpha value is -3.27. The Bertz CT molecular complexity index is 892. The predicted molar refractivity (Wildman–Crippen MR) is 102 cm³/mol. The van der Waals surface area contributed by atoms with Gasteiger partial charge in [0.25, 0.3) is 5.69 Å². The van der Waals surface area contributed by atoms with Crippen molar-refractivity contribution in [1.29, 1.82) is 0 Å². The minimum Gasteiger partial charge on any atom is -0.493 e. The molecule has 0 aliphatic rings. The van der Waals surface area contributed by atoms with E-state index in [-0.39, 0.29) is 29.6 Å². The molecule has 1 amide bonds. The molecule has 0 spiro atoms. The van der Waals surface area contributed by atoms with Gasteiger partial charge < -0.3 is 14.8 Å². The molecule has 2 rings (SSSR count). The summed E-state index contributed by atoms with van der Waals surface area (Å²) in [4.78, 5) is 24.5. The van der Waals surface area contributed by atoms with Crippen molar-refractivity contribution >= 4 is 17.3 Å². The lowest BCUT2D eigenvalue weighted by molar-refractivity contribution is -0.385. The number of nitrogens with one attached hydrogen (secondary N) is 1. The monoisotopic (exact) mass is 409 g/mol. The van der Waals surface area contributed by atoms with E-state index in [1.165, 1.54) is 25.3 Å². The van der Waals surface area contributed by atoms with Gasteiger partial charge >= 0.3 is 6.61 Å². The fraction of sp³-hybridized carbons (Fsp3) is 0.316. The summed E-state index contributed by atoms with van der Waals surface area (Å²) in [5.41, 5.74) is 1.39. The Morgan fingerprint density at radius 3 is 2.62 bits per heavy atom. The van der Waals surface area contributed by atoms with Crippen molar-refractivity contribution in [3.8, 4) is 11.5 Å². The fourth-order valence-electron chi connectivity index (χ4n) is 2.76. The maximum absolute atomic E-state index is 12.4. The Morgan fingerprint density at radius 2 is 2.00 bits per heavy atom. The van der Waals surface area contributed by atoms with Crippen LogP contribution in [-0.2, 0) is 11.3 Å². The van der Waals surface area contributed by atoms with Crippen LogP contribution in [0.5, 0.6) is 11.5 Å². The van der Waals surface area contributed by atoms with Crippen LogP contribution in [0.3, 0.4) is 0 Å². The molecule has 0 atom stereocenters. The van der Waals surface area contributed by atoms with Crippen molar-refractivity contribution in [2.75, 3.05) is 26.0 Å². The summed E-state index contributed by atoms with van der Waals surface area (Å²) < 4.78 is 34.2. The Labute approximate surface area is 166 Å². The number of nitro groups is 1. The van der Waals surface area contributed by atoms with E-state index in [2.05, 4.69) is 10.1 Å². The van der Waals surface area contributed by atoms with Gasteiger partial charge in [-0.15, -0.1) is 0 Å². The highest BCUT2D eigenvalue weighted by atomic mass is 19.3.